The molecule has 1 saturated heterocycles. The normalized spacial score (nSPS) is 20.5. The second kappa shape index (κ2) is 4.94. The van der Waals surface area contributed by atoms with Gasteiger partial charge in [-0.15, -0.1) is 0 Å². The molecule has 1 aliphatic heterocycles. The molecule has 2 N–H and O–H groups in total. The van der Waals surface area contributed by atoms with E-state index in [0.717, 1.165) is 13.1 Å². The summed E-state index contributed by atoms with van der Waals surface area (Å²) in [5.41, 5.74) is 5.69. The molecule has 1 aliphatic rings. The molecular weight excluding hydrogens is 192 g/mol. The van der Waals surface area contributed by atoms with Gasteiger partial charge in [0.2, 0.25) is 0 Å². The number of hydrogen-bond donors (Lipinski definition) is 1. The van der Waals surface area contributed by atoms with E-state index in [-0.39, 0.29) is 18.0 Å². The lowest BCUT2D eigenvalue weighted by atomic mass is 10.1. The third kappa shape index (κ3) is 3.18. The van der Waals surface area contributed by atoms with E-state index < -0.39 is 6.04 Å². The monoisotopic (exact) mass is 214 g/mol. The maximum atomic E-state index is 11.5. The molecule has 0 aromatic carbocycles. The molecule has 4 nitrogen and oxygen atoms in total. The van der Waals surface area contributed by atoms with Gasteiger partial charge in [0.15, 0.2) is 0 Å². The van der Waals surface area contributed by atoms with E-state index in [9.17, 15) is 4.79 Å². The summed E-state index contributed by atoms with van der Waals surface area (Å²) in [7, 11) is 0. The SMILES string of the molecule is CC(C)C(N)C(=O)OC1CN(C(C)C)C1. The van der Waals surface area contributed by atoms with Gasteiger partial charge in [0.1, 0.15) is 12.1 Å². The molecule has 0 saturated carbocycles. The number of carbonyl (C=O) groups excluding carboxylic acids is 1. The van der Waals surface area contributed by atoms with Crippen LogP contribution >= 0.6 is 0 Å². The summed E-state index contributed by atoms with van der Waals surface area (Å²) >= 11 is 0. The summed E-state index contributed by atoms with van der Waals surface area (Å²) < 4.78 is 5.28. The molecule has 0 aromatic heterocycles. The molecule has 0 amide bonds. The van der Waals surface area contributed by atoms with Crippen LogP contribution in [0, 0.1) is 5.92 Å². The van der Waals surface area contributed by atoms with Crippen LogP contribution in [0.4, 0.5) is 0 Å². The quantitative estimate of drug-likeness (QED) is 0.696. The summed E-state index contributed by atoms with van der Waals surface area (Å²) in [6.45, 7) is 9.80. The number of carbonyl (C=O) groups is 1. The average Bonchev–Trinajstić information content (AvgIpc) is 2.07. The van der Waals surface area contributed by atoms with Gasteiger partial charge in [0, 0.05) is 19.1 Å². The molecule has 0 aromatic rings. The van der Waals surface area contributed by atoms with Crippen LogP contribution in [-0.4, -0.2) is 42.1 Å². The zero-order valence-corrected chi connectivity index (χ0v) is 10.1. The molecule has 0 aliphatic carbocycles. The van der Waals surface area contributed by atoms with E-state index in [4.69, 9.17) is 10.5 Å². The number of likely N-dealkylation sites (tertiary alicyclic amines) is 1. The molecule has 15 heavy (non-hydrogen) atoms. The van der Waals surface area contributed by atoms with Gasteiger partial charge in [-0.3, -0.25) is 9.69 Å². The van der Waals surface area contributed by atoms with Gasteiger partial charge >= 0.3 is 5.97 Å². The molecule has 0 bridgehead atoms. The lowest BCUT2D eigenvalue weighted by Gasteiger charge is -2.41. The van der Waals surface area contributed by atoms with E-state index >= 15 is 0 Å². The van der Waals surface area contributed by atoms with Crippen molar-refractivity contribution < 1.29 is 9.53 Å². The summed E-state index contributed by atoms with van der Waals surface area (Å²) in [6, 6.07) is 0.0387. The van der Waals surface area contributed by atoms with Crippen LogP contribution < -0.4 is 5.73 Å². The van der Waals surface area contributed by atoms with Crippen molar-refractivity contribution in [3.63, 3.8) is 0 Å². The number of esters is 1. The van der Waals surface area contributed by atoms with Crippen LogP contribution in [0.2, 0.25) is 0 Å². The molecule has 88 valence electrons. The van der Waals surface area contributed by atoms with Crippen LogP contribution in [0.1, 0.15) is 27.7 Å². The predicted octanol–water partition coefficient (Wildman–Crippen LogP) is 0.605. The Balaban J connectivity index is 2.25. The zero-order valence-electron chi connectivity index (χ0n) is 10.1. The number of hydrogen-bond acceptors (Lipinski definition) is 4. The van der Waals surface area contributed by atoms with E-state index in [1.807, 2.05) is 13.8 Å². The maximum Gasteiger partial charge on any atom is 0.323 e. The fourth-order valence-electron chi connectivity index (χ4n) is 1.48. The Morgan fingerprint density at radius 1 is 1.33 bits per heavy atom. The minimum Gasteiger partial charge on any atom is -0.458 e. The van der Waals surface area contributed by atoms with Crippen LogP contribution in [0.5, 0.6) is 0 Å². The Morgan fingerprint density at radius 3 is 2.27 bits per heavy atom. The Hall–Kier alpha value is -0.610. The van der Waals surface area contributed by atoms with Crippen molar-refractivity contribution >= 4 is 5.97 Å². The molecule has 1 fully saturated rings. The van der Waals surface area contributed by atoms with E-state index in [2.05, 4.69) is 18.7 Å². The number of ether oxygens (including phenoxy) is 1. The van der Waals surface area contributed by atoms with E-state index in [1.54, 1.807) is 0 Å². The lowest BCUT2D eigenvalue weighted by Crippen LogP contribution is -2.56. The third-order valence-corrected chi connectivity index (χ3v) is 2.88. The largest absolute Gasteiger partial charge is 0.458 e. The van der Waals surface area contributed by atoms with E-state index in [1.165, 1.54) is 0 Å². The Labute approximate surface area is 91.8 Å². The number of nitrogens with two attached hydrogens (primary N) is 1. The van der Waals surface area contributed by atoms with Crippen molar-refractivity contribution in [3.8, 4) is 0 Å². The summed E-state index contributed by atoms with van der Waals surface area (Å²) in [5.74, 6) is -0.128. The van der Waals surface area contributed by atoms with Crippen molar-refractivity contribution in [1.82, 2.24) is 4.90 Å². The molecule has 4 heteroatoms. The minimum atomic E-state index is -0.488. The highest BCUT2D eigenvalue weighted by Gasteiger charge is 2.33. The summed E-state index contributed by atoms with van der Waals surface area (Å²) in [5, 5.41) is 0. The zero-order chi connectivity index (χ0) is 11.6. The van der Waals surface area contributed by atoms with Crippen LogP contribution in [0.3, 0.4) is 0 Å². The first kappa shape index (κ1) is 12.5. The van der Waals surface area contributed by atoms with Gasteiger partial charge in [-0.05, 0) is 19.8 Å². The second-order valence-corrected chi connectivity index (χ2v) is 4.88. The first-order chi connectivity index (χ1) is 6.91. The molecule has 1 rings (SSSR count). The molecule has 0 spiro atoms. The average molecular weight is 214 g/mol. The number of nitrogens with zero attached hydrogens (tertiary/aromatic N) is 1. The highest BCUT2D eigenvalue weighted by molar-refractivity contribution is 5.76. The maximum absolute atomic E-state index is 11.5. The fraction of sp³-hybridized carbons (Fsp3) is 0.909. The van der Waals surface area contributed by atoms with Gasteiger partial charge < -0.3 is 10.5 Å². The predicted molar refractivity (Wildman–Crippen MR) is 59.4 cm³/mol. The summed E-state index contributed by atoms with van der Waals surface area (Å²) in [6.07, 6.45) is 0.0460. The number of rotatable bonds is 4. The third-order valence-electron chi connectivity index (χ3n) is 2.88. The molecular formula is C11H22N2O2. The van der Waals surface area contributed by atoms with Gasteiger partial charge in [-0.2, -0.15) is 0 Å². The van der Waals surface area contributed by atoms with Crippen LogP contribution in [0.25, 0.3) is 0 Å². The smallest absolute Gasteiger partial charge is 0.323 e. The summed E-state index contributed by atoms with van der Waals surface area (Å²) in [4.78, 5) is 13.8. The Kier molecular flexibility index (Phi) is 4.11. The van der Waals surface area contributed by atoms with Crippen molar-refractivity contribution in [2.45, 2.75) is 45.9 Å². The Morgan fingerprint density at radius 2 is 1.87 bits per heavy atom. The van der Waals surface area contributed by atoms with Crippen molar-refractivity contribution in [2.24, 2.45) is 11.7 Å². The highest BCUT2D eigenvalue weighted by Crippen LogP contribution is 2.16. The molecule has 1 atom stereocenters. The van der Waals surface area contributed by atoms with E-state index in [0.29, 0.717) is 6.04 Å². The van der Waals surface area contributed by atoms with Crippen molar-refractivity contribution in [3.05, 3.63) is 0 Å². The Bertz CT molecular complexity index is 223. The van der Waals surface area contributed by atoms with Gasteiger partial charge in [0.25, 0.3) is 0 Å². The second-order valence-electron chi connectivity index (χ2n) is 4.88. The van der Waals surface area contributed by atoms with Crippen molar-refractivity contribution in [2.75, 3.05) is 13.1 Å². The minimum absolute atomic E-state index is 0.0460. The lowest BCUT2D eigenvalue weighted by molar-refractivity contribution is -0.161. The van der Waals surface area contributed by atoms with Gasteiger partial charge in [-0.25, -0.2) is 0 Å². The first-order valence-electron chi connectivity index (χ1n) is 5.62. The topological polar surface area (TPSA) is 55.6 Å². The molecule has 1 heterocycles. The van der Waals surface area contributed by atoms with Gasteiger partial charge in [-0.1, -0.05) is 13.8 Å². The standard InChI is InChI=1S/C11H22N2O2/c1-7(2)10(12)11(14)15-9-5-13(6-9)8(3)4/h7-10H,5-6,12H2,1-4H3. The van der Waals surface area contributed by atoms with Crippen LogP contribution in [-0.2, 0) is 9.53 Å². The van der Waals surface area contributed by atoms with Crippen LogP contribution in [0.15, 0.2) is 0 Å². The fourth-order valence-corrected chi connectivity index (χ4v) is 1.48. The van der Waals surface area contributed by atoms with Gasteiger partial charge in [0.05, 0.1) is 0 Å². The highest BCUT2D eigenvalue weighted by atomic mass is 16.5. The van der Waals surface area contributed by atoms with Crippen molar-refractivity contribution in [1.29, 1.82) is 0 Å². The molecule has 0 radical (unpaired) electrons. The molecule has 1 unspecified atom stereocenters. The first-order valence-corrected chi connectivity index (χ1v) is 5.62.